The Morgan fingerprint density at radius 2 is 2.00 bits per heavy atom. The SMILES string of the molecule is CCC(=O)Nc1c(Br)cccc1COc1ccc(C)cc1C. The van der Waals surface area contributed by atoms with E-state index in [1.165, 1.54) is 5.56 Å². The minimum Gasteiger partial charge on any atom is -0.489 e. The number of halogens is 1. The van der Waals surface area contributed by atoms with Gasteiger partial charge in [-0.1, -0.05) is 36.8 Å². The molecular formula is C18H20BrNO2. The molecule has 0 spiro atoms. The summed E-state index contributed by atoms with van der Waals surface area (Å²) in [4.78, 5) is 11.7. The van der Waals surface area contributed by atoms with Crippen molar-refractivity contribution in [1.82, 2.24) is 0 Å². The maximum Gasteiger partial charge on any atom is 0.224 e. The maximum absolute atomic E-state index is 11.7. The van der Waals surface area contributed by atoms with E-state index in [1.54, 1.807) is 0 Å². The highest BCUT2D eigenvalue weighted by Gasteiger charge is 2.10. The smallest absolute Gasteiger partial charge is 0.224 e. The van der Waals surface area contributed by atoms with E-state index in [4.69, 9.17) is 4.74 Å². The van der Waals surface area contributed by atoms with Crippen LogP contribution in [0.15, 0.2) is 40.9 Å². The Kier molecular flexibility index (Phi) is 5.61. The monoisotopic (exact) mass is 361 g/mol. The predicted molar refractivity (Wildman–Crippen MR) is 93.3 cm³/mol. The number of nitrogens with one attached hydrogen (secondary N) is 1. The molecule has 2 rings (SSSR count). The van der Waals surface area contributed by atoms with Crippen LogP contribution in [0.3, 0.4) is 0 Å². The molecule has 1 N–H and O–H groups in total. The van der Waals surface area contributed by atoms with Gasteiger partial charge < -0.3 is 10.1 Å². The Hall–Kier alpha value is -1.81. The molecule has 0 aliphatic rings. The molecule has 116 valence electrons. The molecule has 2 aromatic rings. The first kappa shape index (κ1) is 16.6. The molecule has 0 aliphatic carbocycles. The number of para-hydroxylation sites is 1. The third-order valence-electron chi connectivity index (χ3n) is 3.40. The highest BCUT2D eigenvalue weighted by Crippen LogP contribution is 2.28. The van der Waals surface area contributed by atoms with E-state index < -0.39 is 0 Å². The van der Waals surface area contributed by atoms with Crippen LogP contribution in [0.25, 0.3) is 0 Å². The lowest BCUT2D eigenvalue weighted by Crippen LogP contribution is -2.12. The number of anilines is 1. The van der Waals surface area contributed by atoms with Gasteiger partial charge in [-0.25, -0.2) is 0 Å². The quantitative estimate of drug-likeness (QED) is 0.814. The summed E-state index contributed by atoms with van der Waals surface area (Å²) in [6, 6.07) is 11.9. The maximum atomic E-state index is 11.7. The molecule has 1 amide bonds. The van der Waals surface area contributed by atoms with Crippen LogP contribution in [-0.2, 0) is 11.4 Å². The van der Waals surface area contributed by atoms with Crippen LogP contribution in [0.2, 0.25) is 0 Å². The molecule has 0 saturated heterocycles. The summed E-state index contributed by atoms with van der Waals surface area (Å²) in [6.45, 7) is 6.33. The van der Waals surface area contributed by atoms with Gasteiger partial charge in [-0.2, -0.15) is 0 Å². The van der Waals surface area contributed by atoms with E-state index in [0.29, 0.717) is 13.0 Å². The Balaban J connectivity index is 2.18. The van der Waals surface area contributed by atoms with Crippen molar-refractivity contribution in [3.8, 4) is 5.75 Å². The molecule has 3 nitrogen and oxygen atoms in total. The molecule has 22 heavy (non-hydrogen) atoms. The lowest BCUT2D eigenvalue weighted by molar-refractivity contribution is -0.115. The zero-order chi connectivity index (χ0) is 16.1. The molecule has 0 fully saturated rings. The van der Waals surface area contributed by atoms with E-state index >= 15 is 0 Å². The summed E-state index contributed by atoms with van der Waals surface area (Å²) in [5.41, 5.74) is 4.03. The summed E-state index contributed by atoms with van der Waals surface area (Å²) in [6.07, 6.45) is 0.443. The van der Waals surface area contributed by atoms with Gasteiger partial charge in [0, 0.05) is 16.5 Å². The molecular weight excluding hydrogens is 342 g/mol. The second-order valence-electron chi connectivity index (χ2n) is 5.23. The average Bonchev–Trinajstić information content (AvgIpc) is 2.49. The van der Waals surface area contributed by atoms with Crippen molar-refractivity contribution in [2.75, 3.05) is 5.32 Å². The summed E-state index contributed by atoms with van der Waals surface area (Å²) >= 11 is 3.48. The average molecular weight is 362 g/mol. The Labute approximate surface area is 139 Å². The number of hydrogen-bond donors (Lipinski definition) is 1. The lowest BCUT2D eigenvalue weighted by Gasteiger charge is -2.15. The summed E-state index contributed by atoms with van der Waals surface area (Å²) in [5, 5.41) is 2.92. The number of amides is 1. The minimum atomic E-state index is -0.0142. The molecule has 0 heterocycles. The van der Waals surface area contributed by atoms with Crippen molar-refractivity contribution in [3.05, 3.63) is 57.6 Å². The Morgan fingerprint density at radius 1 is 1.23 bits per heavy atom. The number of ether oxygens (including phenoxy) is 1. The predicted octanol–water partition coefficient (Wildman–Crippen LogP) is 4.99. The third-order valence-corrected chi connectivity index (χ3v) is 4.06. The number of hydrogen-bond acceptors (Lipinski definition) is 2. The van der Waals surface area contributed by atoms with Gasteiger partial charge in [0.25, 0.3) is 0 Å². The molecule has 2 aromatic carbocycles. The lowest BCUT2D eigenvalue weighted by atomic mass is 10.1. The standard InChI is InChI=1S/C18H20BrNO2/c1-4-17(21)20-18-14(6-5-7-15(18)19)11-22-16-9-8-12(2)10-13(16)3/h5-10H,4,11H2,1-3H3,(H,20,21). The van der Waals surface area contributed by atoms with Gasteiger partial charge in [-0.05, 0) is 47.5 Å². The fraction of sp³-hybridized carbons (Fsp3) is 0.278. The zero-order valence-corrected chi connectivity index (χ0v) is 14.7. The van der Waals surface area contributed by atoms with Gasteiger partial charge in [0.05, 0.1) is 5.69 Å². The number of aryl methyl sites for hydroxylation is 2. The fourth-order valence-corrected chi connectivity index (χ4v) is 2.68. The summed E-state index contributed by atoms with van der Waals surface area (Å²) in [5.74, 6) is 0.845. The van der Waals surface area contributed by atoms with Gasteiger partial charge in [0.1, 0.15) is 12.4 Å². The van der Waals surface area contributed by atoms with Crippen molar-refractivity contribution in [2.24, 2.45) is 0 Å². The van der Waals surface area contributed by atoms with Crippen LogP contribution in [-0.4, -0.2) is 5.91 Å². The second-order valence-corrected chi connectivity index (χ2v) is 6.09. The largest absolute Gasteiger partial charge is 0.489 e. The first-order chi connectivity index (χ1) is 10.5. The van der Waals surface area contributed by atoms with Crippen molar-refractivity contribution in [1.29, 1.82) is 0 Å². The van der Waals surface area contributed by atoms with Crippen molar-refractivity contribution < 1.29 is 9.53 Å². The highest BCUT2D eigenvalue weighted by molar-refractivity contribution is 9.10. The van der Waals surface area contributed by atoms with E-state index in [-0.39, 0.29) is 5.91 Å². The van der Waals surface area contributed by atoms with Gasteiger partial charge in [0.15, 0.2) is 0 Å². The summed E-state index contributed by atoms with van der Waals surface area (Å²) in [7, 11) is 0. The number of benzene rings is 2. The molecule has 0 aliphatic heterocycles. The van der Waals surface area contributed by atoms with Gasteiger partial charge in [0.2, 0.25) is 5.91 Å². The van der Waals surface area contributed by atoms with Crippen molar-refractivity contribution in [3.63, 3.8) is 0 Å². The fourth-order valence-electron chi connectivity index (χ4n) is 2.17. The molecule has 0 saturated carbocycles. The van der Waals surface area contributed by atoms with Gasteiger partial charge in [-0.3, -0.25) is 4.79 Å². The van der Waals surface area contributed by atoms with Crippen LogP contribution in [0, 0.1) is 13.8 Å². The number of rotatable bonds is 5. The van der Waals surface area contributed by atoms with Crippen LogP contribution < -0.4 is 10.1 Å². The molecule has 0 atom stereocenters. The molecule has 0 unspecified atom stereocenters. The van der Waals surface area contributed by atoms with Crippen LogP contribution in [0.5, 0.6) is 5.75 Å². The first-order valence-electron chi connectivity index (χ1n) is 7.28. The zero-order valence-electron chi connectivity index (χ0n) is 13.1. The van der Waals surface area contributed by atoms with E-state index in [2.05, 4.69) is 34.2 Å². The van der Waals surface area contributed by atoms with E-state index in [1.807, 2.05) is 44.2 Å². The Bertz CT molecular complexity index is 683. The Morgan fingerprint density at radius 3 is 2.68 bits per heavy atom. The number of carbonyl (C=O) groups excluding carboxylic acids is 1. The highest BCUT2D eigenvalue weighted by atomic mass is 79.9. The van der Waals surface area contributed by atoms with Crippen LogP contribution in [0.1, 0.15) is 30.0 Å². The summed E-state index contributed by atoms with van der Waals surface area (Å²) < 4.78 is 6.77. The van der Waals surface area contributed by atoms with Crippen molar-refractivity contribution >= 4 is 27.5 Å². The van der Waals surface area contributed by atoms with E-state index in [0.717, 1.165) is 27.0 Å². The van der Waals surface area contributed by atoms with Crippen molar-refractivity contribution in [2.45, 2.75) is 33.8 Å². The van der Waals surface area contributed by atoms with E-state index in [9.17, 15) is 4.79 Å². The topological polar surface area (TPSA) is 38.3 Å². The van der Waals surface area contributed by atoms with Gasteiger partial charge in [-0.15, -0.1) is 0 Å². The minimum absolute atomic E-state index is 0.0142. The second kappa shape index (κ2) is 7.45. The molecule has 0 aromatic heterocycles. The third kappa shape index (κ3) is 4.10. The normalized spacial score (nSPS) is 10.4. The van der Waals surface area contributed by atoms with Gasteiger partial charge >= 0.3 is 0 Å². The molecule has 4 heteroatoms. The molecule has 0 bridgehead atoms. The number of carbonyl (C=O) groups is 1. The van der Waals surface area contributed by atoms with Crippen LogP contribution >= 0.6 is 15.9 Å². The molecule has 0 radical (unpaired) electrons. The first-order valence-corrected chi connectivity index (χ1v) is 8.08. The van der Waals surface area contributed by atoms with Crippen LogP contribution in [0.4, 0.5) is 5.69 Å².